The van der Waals surface area contributed by atoms with Gasteiger partial charge in [0.15, 0.2) is 0 Å². The zero-order chi connectivity index (χ0) is 15.4. The lowest BCUT2D eigenvalue weighted by Crippen LogP contribution is -2.31. The minimum atomic E-state index is -4.41. The van der Waals surface area contributed by atoms with Crippen LogP contribution >= 0.6 is 0 Å². The van der Waals surface area contributed by atoms with Crippen LogP contribution < -0.4 is 0 Å². The number of sulfonamides is 1. The monoisotopic (exact) mass is 311 g/mol. The molecule has 0 aliphatic heterocycles. The third-order valence-corrected chi connectivity index (χ3v) is 4.42. The number of benzene rings is 1. The van der Waals surface area contributed by atoms with Gasteiger partial charge in [-0.1, -0.05) is 17.7 Å². The number of rotatable bonds is 6. The second kappa shape index (κ2) is 6.55. The fourth-order valence-electron chi connectivity index (χ4n) is 1.39. The molecular weight excluding hydrogens is 295 g/mol. The summed E-state index contributed by atoms with van der Waals surface area (Å²) in [4.78, 5) is 0.0985. The van der Waals surface area contributed by atoms with Crippen LogP contribution in [0.4, 0.5) is 13.2 Å². The summed E-state index contributed by atoms with van der Waals surface area (Å²) in [7, 11) is -2.40. The van der Waals surface area contributed by atoms with Gasteiger partial charge in [0.25, 0.3) is 0 Å². The smallest absolute Gasteiger partial charge is 0.371 e. The van der Waals surface area contributed by atoms with Crippen molar-refractivity contribution in [2.75, 3.05) is 26.8 Å². The maximum Gasteiger partial charge on any atom is 0.411 e. The maximum atomic E-state index is 12.1. The Bertz CT molecular complexity index is 526. The van der Waals surface area contributed by atoms with Crippen molar-refractivity contribution < 1.29 is 26.3 Å². The molecule has 0 N–H and O–H groups in total. The number of likely N-dealkylation sites (N-methyl/N-ethyl adjacent to an activating group) is 1. The van der Waals surface area contributed by atoms with Crippen molar-refractivity contribution in [3.63, 3.8) is 0 Å². The summed E-state index contributed by atoms with van der Waals surface area (Å²) in [6.45, 7) is -0.0239. The van der Waals surface area contributed by atoms with E-state index in [-0.39, 0.29) is 18.0 Å². The Kier molecular flexibility index (Phi) is 5.55. The summed E-state index contributed by atoms with van der Waals surface area (Å²) >= 11 is 0. The Morgan fingerprint density at radius 1 is 1.20 bits per heavy atom. The molecular formula is C12H16F3NO3S. The Balaban J connectivity index is 2.57. The minimum absolute atomic E-state index is 0.0985. The van der Waals surface area contributed by atoms with Gasteiger partial charge in [0.1, 0.15) is 6.61 Å². The SMILES string of the molecule is Cc1ccc(S(=O)(=O)N(C)CCOCC(F)(F)F)cc1. The summed E-state index contributed by atoms with van der Waals surface area (Å²) < 4.78 is 65.1. The molecule has 0 saturated carbocycles. The van der Waals surface area contributed by atoms with E-state index in [9.17, 15) is 21.6 Å². The van der Waals surface area contributed by atoms with Gasteiger partial charge in [0, 0.05) is 13.6 Å². The fourth-order valence-corrected chi connectivity index (χ4v) is 2.55. The number of halogens is 3. The van der Waals surface area contributed by atoms with Crippen LogP contribution in [-0.2, 0) is 14.8 Å². The lowest BCUT2D eigenvalue weighted by molar-refractivity contribution is -0.173. The Morgan fingerprint density at radius 2 is 1.75 bits per heavy atom. The number of hydrogen-bond acceptors (Lipinski definition) is 3. The normalized spacial score (nSPS) is 12.9. The molecule has 8 heteroatoms. The van der Waals surface area contributed by atoms with E-state index in [1.54, 1.807) is 12.1 Å². The predicted octanol–water partition coefficient (Wildman–Crippen LogP) is 2.19. The number of nitrogens with zero attached hydrogens (tertiary/aromatic N) is 1. The van der Waals surface area contributed by atoms with Crippen LogP contribution in [0.15, 0.2) is 29.2 Å². The lowest BCUT2D eigenvalue weighted by atomic mass is 10.2. The lowest BCUT2D eigenvalue weighted by Gasteiger charge is -2.17. The highest BCUT2D eigenvalue weighted by atomic mass is 32.2. The first-order valence-electron chi connectivity index (χ1n) is 5.80. The van der Waals surface area contributed by atoms with E-state index in [0.717, 1.165) is 9.87 Å². The summed E-state index contributed by atoms with van der Waals surface area (Å²) in [6.07, 6.45) is -4.41. The van der Waals surface area contributed by atoms with E-state index in [0.29, 0.717) is 0 Å². The standard InChI is InChI=1S/C12H16F3NO3S/c1-10-3-5-11(6-4-10)20(17,18)16(2)7-8-19-9-12(13,14)15/h3-6H,7-9H2,1-2H3. The molecule has 0 heterocycles. The number of alkyl halides is 3. The molecule has 0 radical (unpaired) electrons. The number of hydrogen-bond donors (Lipinski definition) is 0. The average molecular weight is 311 g/mol. The predicted molar refractivity (Wildman–Crippen MR) is 67.9 cm³/mol. The molecule has 0 atom stereocenters. The van der Waals surface area contributed by atoms with Gasteiger partial charge in [-0.3, -0.25) is 0 Å². The molecule has 114 valence electrons. The van der Waals surface area contributed by atoms with Gasteiger partial charge in [-0.05, 0) is 19.1 Å². The largest absolute Gasteiger partial charge is 0.411 e. The van der Waals surface area contributed by atoms with E-state index in [1.165, 1.54) is 19.2 Å². The third kappa shape index (κ3) is 5.10. The van der Waals surface area contributed by atoms with E-state index < -0.39 is 22.8 Å². The molecule has 0 unspecified atom stereocenters. The molecule has 1 rings (SSSR count). The number of aryl methyl sites for hydroxylation is 1. The van der Waals surface area contributed by atoms with Crippen molar-refractivity contribution in [3.8, 4) is 0 Å². The highest BCUT2D eigenvalue weighted by molar-refractivity contribution is 7.89. The van der Waals surface area contributed by atoms with Crippen LogP contribution in [0, 0.1) is 6.92 Å². The summed E-state index contributed by atoms with van der Waals surface area (Å²) in [5, 5.41) is 0. The van der Waals surface area contributed by atoms with Crippen molar-refractivity contribution in [1.29, 1.82) is 0 Å². The van der Waals surface area contributed by atoms with Crippen molar-refractivity contribution in [3.05, 3.63) is 29.8 Å². The van der Waals surface area contributed by atoms with Gasteiger partial charge >= 0.3 is 6.18 Å². The third-order valence-electron chi connectivity index (χ3n) is 2.55. The molecule has 0 aromatic heterocycles. The van der Waals surface area contributed by atoms with Crippen molar-refractivity contribution >= 4 is 10.0 Å². The number of ether oxygens (including phenoxy) is 1. The van der Waals surface area contributed by atoms with E-state index in [4.69, 9.17) is 0 Å². The fraction of sp³-hybridized carbons (Fsp3) is 0.500. The van der Waals surface area contributed by atoms with Gasteiger partial charge < -0.3 is 4.74 Å². The molecule has 0 aliphatic rings. The Labute approximate surface area is 116 Å². The topological polar surface area (TPSA) is 46.6 Å². The molecule has 0 amide bonds. The maximum absolute atomic E-state index is 12.1. The summed E-state index contributed by atoms with van der Waals surface area (Å²) in [5.74, 6) is 0. The van der Waals surface area contributed by atoms with Crippen molar-refractivity contribution in [2.24, 2.45) is 0 Å². The van der Waals surface area contributed by atoms with Crippen LogP contribution in [0.2, 0.25) is 0 Å². The van der Waals surface area contributed by atoms with Crippen LogP contribution in [0.3, 0.4) is 0 Å². The van der Waals surface area contributed by atoms with Crippen molar-refractivity contribution in [2.45, 2.75) is 18.0 Å². The zero-order valence-electron chi connectivity index (χ0n) is 11.1. The van der Waals surface area contributed by atoms with Gasteiger partial charge in [0.05, 0.1) is 11.5 Å². The van der Waals surface area contributed by atoms with Gasteiger partial charge in [-0.2, -0.15) is 17.5 Å². The summed E-state index contributed by atoms with van der Waals surface area (Å²) in [5.41, 5.74) is 0.917. The van der Waals surface area contributed by atoms with Crippen LogP contribution in [0.1, 0.15) is 5.56 Å². The molecule has 0 bridgehead atoms. The molecule has 0 fully saturated rings. The van der Waals surface area contributed by atoms with E-state index in [2.05, 4.69) is 4.74 Å². The second-order valence-corrected chi connectivity index (χ2v) is 6.35. The van der Waals surface area contributed by atoms with E-state index in [1.807, 2.05) is 6.92 Å². The molecule has 0 saturated heterocycles. The minimum Gasteiger partial charge on any atom is -0.371 e. The van der Waals surface area contributed by atoms with Crippen molar-refractivity contribution in [1.82, 2.24) is 4.31 Å². The highest BCUT2D eigenvalue weighted by Crippen LogP contribution is 2.16. The summed E-state index contributed by atoms with van der Waals surface area (Å²) in [6, 6.07) is 6.22. The van der Waals surface area contributed by atoms with Crippen LogP contribution in [0.5, 0.6) is 0 Å². The molecule has 0 aliphatic carbocycles. The van der Waals surface area contributed by atoms with Gasteiger partial charge in [0.2, 0.25) is 10.0 Å². The molecule has 0 spiro atoms. The molecule has 1 aromatic carbocycles. The van der Waals surface area contributed by atoms with Crippen LogP contribution in [0.25, 0.3) is 0 Å². The molecule has 1 aromatic rings. The van der Waals surface area contributed by atoms with Gasteiger partial charge in [-0.25, -0.2) is 8.42 Å². The van der Waals surface area contributed by atoms with Gasteiger partial charge in [-0.15, -0.1) is 0 Å². The van der Waals surface area contributed by atoms with E-state index >= 15 is 0 Å². The molecule has 4 nitrogen and oxygen atoms in total. The second-order valence-electron chi connectivity index (χ2n) is 4.31. The zero-order valence-corrected chi connectivity index (χ0v) is 12.0. The Hall–Kier alpha value is -1.12. The Morgan fingerprint density at radius 3 is 2.25 bits per heavy atom. The quantitative estimate of drug-likeness (QED) is 0.757. The first-order valence-corrected chi connectivity index (χ1v) is 7.24. The molecule has 20 heavy (non-hydrogen) atoms. The first-order chi connectivity index (χ1) is 9.13. The van der Waals surface area contributed by atoms with Crippen LogP contribution in [-0.4, -0.2) is 45.7 Å². The highest BCUT2D eigenvalue weighted by Gasteiger charge is 2.27. The first kappa shape index (κ1) is 16.9. The average Bonchev–Trinajstić information content (AvgIpc) is 2.33.